The molecule has 1 aliphatic carbocycles. The van der Waals surface area contributed by atoms with E-state index < -0.39 is 5.97 Å². The lowest BCUT2D eigenvalue weighted by atomic mass is 9.82. The zero-order chi connectivity index (χ0) is 20.4. The van der Waals surface area contributed by atoms with Gasteiger partial charge in [-0.25, -0.2) is 4.99 Å². The molecule has 2 aliphatic rings. The lowest BCUT2D eigenvalue weighted by Crippen LogP contribution is -2.37. The molecule has 4 rings (SSSR count). The monoisotopic (exact) mass is 414 g/mol. The molecule has 0 saturated heterocycles. The summed E-state index contributed by atoms with van der Waals surface area (Å²) in [7, 11) is 0. The maximum atomic E-state index is 10.8. The Morgan fingerprint density at radius 3 is 2.69 bits per heavy atom. The highest BCUT2D eigenvalue weighted by Crippen LogP contribution is 2.36. The summed E-state index contributed by atoms with van der Waals surface area (Å²) in [5.74, 6) is 0.538. The Kier molecular flexibility index (Phi) is 5.74. The molecular weight excluding hydrogens is 392 g/mol. The van der Waals surface area contributed by atoms with Gasteiger partial charge in [-0.05, 0) is 50.1 Å². The summed E-state index contributed by atoms with van der Waals surface area (Å²) in [5, 5.41) is 12.9. The van der Waals surface area contributed by atoms with Crippen LogP contribution in [-0.2, 0) is 9.53 Å². The van der Waals surface area contributed by atoms with E-state index in [1.54, 1.807) is 0 Å². The largest absolute Gasteiger partial charge is 0.491 e. The molecule has 2 aromatic carbocycles. The average Bonchev–Trinajstić information content (AvgIpc) is 2.67. The van der Waals surface area contributed by atoms with Gasteiger partial charge in [0.25, 0.3) is 0 Å². The van der Waals surface area contributed by atoms with Crippen LogP contribution < -0.4 is 10.1 Å². The first-order valence-corrected chi connectivity index (χ1v) is 10.1. The van der Waals surface area contributed by atoms with Crippen LogP contribution >= 0.6 is 11.6 Å². The molecule has 1 heterocycles. The van der Waals surface area contributed by atoms with Crippen LogP contribution in [0.3, 0.4) is 0 Å². The molecule has 29 heavy (non-hydrogen) atoms. The predicted octanol–water partition coefficient (Wildman–Crippen LogP) is 4.34. The zero-order valence-electron chi connectivity index (χ0n) is 16.1. The molecule has 0 amide bonds. The number of ether oxygens (including phenoxy) is 2. The smallest absolute Gasteiger partial charge is 0.306 e. The van der Waals surface area contributed by atoms with Crippen molar-refractivity contribution in [1.82, 2.24) is 5.32 Å². The van der Waals surface area contributed by atoms with Crippen LogP contribution in [0.25, 0.3) is 0 Å². The fourth-order valence-electron chi connectivity index (χ4n) is 3.56. The van der Waals surface area contributed by atoms with Crippen LogP contribution in [0.5, 0.6) is 5.75 Å². The first-order valence-electron chi connectivity index (χ1n) is 9.72. The summed E-state index contributed by atoms with van der Waals surface area (Å²) in [6, 6.07) is 13.7. The average molecular weight is 415 g/mol. The quantitative estimate of drug-likeness (QED) is 0.659. The van der Waals surface area contributed by atoms with Crippen LogP contribution in [0.15, 0.2) is 47.5 Å². The molecule has 2 aromatic rings. The first kappa shape index (κ1) is 19.7. The zero-order valence-corrected chi connectivity index (χ0v) is 16.9. The van der Waals surface area contributed by atoms with Gasteiger partial charge in [0.15, 0.2) is 0 Å². The van der Waals surface area contributed by atoms with Crippen molar-refractivity contribution in [2.24, 2.45) is 10.9 Å². The van der Waals surface area contributed by atoms with E-state index in [2.05, 4.69) is 12.2 Å². The predicted molar refractivity (Wildman–Crippen MR) is 111 cm³/mol. The minimum Gasteiger partial charge on any atom is -0.491 e. The van der Waals surface area contributed by atoms with Crippen LogP contribution in [0.4, 0.5) is 5.69 Å². The Morgan fingerprint density at radius 2 is 1.97 bits per heavy atom. The molecule has 1 saturated carbocycles. The molecular formula is C22H23ClN2O4. The fourth-order valence-corrected chi connectivity index (χ4v) is 3.78. The molecule has 0 bridgehead atoms. The number of carboxylic acids is 1. The molecule has 152 valence electrons. The van der Waals surface area contributed by atoms with E-state index in [-0.39, 0.29) is 18.1 Å². The summed E-state index contributed by atoms with van der Waals surface area (Å²) in [4.78, 5) is 15.5. The van der Waals surface area contributed by atoms with Gasteiger partial charge in [0.05, 0.1) is 35.4 Å². The van der Waals surface area contributed by atoms with Crippen molar-refractivity contribution in [2.75, 3.05) is 13.2 Å². The Bertz CT molecular complexity index is 923. The third kappa shape index (κ3) is 4.38. The lowest BCUT2D eigenvalue weighted by molar-refractivity contribution is -0.151. The Balaban J connectivity index is 1.31. The van der Waals surface area contributed by atoms with Crippen molar-refractivity contribution >= 4 is 29.1 Å². The van der Waals surface area contributed by atoms with Crippen molar-refractivity contribution in [1.29, 1.82) is 0 Å². The van der Waals surface area contributed by atoms with Gasteiger partial charge in [0.1, 0.15) is 18.2 Å². The molecule has 6 nitrogen and oxygen atoms in total. The number of carboxylic acid groups (broad SMARTS) is 1. The highest BCUT2D eigenvalue weighted by atomic mass is 35.5. The van der Waals surface area contributed by atoms with E-state index in [1.165, 1.54) is 0 Å². The van der Waals surface area contributed by atoms with Crippen LogP contribution in [0.2, 0.25) is 5.02 Å². The van der Waals surface area contributed by atoms with E-state index >= 15 is 0 Å². The van der Waals surface area contributed by atoms with Crippen molar-refractivity contribution in [3.63, 3.8) is 0 Å². The number of nitrogens with zero attached hydrogens (tertiary/aromatic N) is 1. The number of aliphatic carboxylic acids is 1. The van der Waals surface area contributed by atoms with Gasteiger partial charge in [-0.15, -0.1) is 0 Å². The summed E-state index contributed by atoms with van der Waals surface area (Å²) < 4.78 is 11.3. The number of para-hydroxylation sites is 1. The molecule has 0 radical (unpaired) electrons. The molecule has 1 unspecified atom stereocenters. The number of hydrogen-bond donors (Lipinski definition) is 2. The number of rotatable bonds is 7. The van der Waals surface area contributed by atoms with E-state index in [1.807, 2.05) is 42.5 Å². The Morgan fingerprint density at radius 1 is 1.21 bits per heavy atom. The second-order valence-electron chi connectivity index (χ2n) is 7.38. The number of halogens is 1. The third-order valence-corrected chi connectivity index (χ3v) is 5.64. The van der Waals surface area contributed by atoms with Gasteiger partial charge in [0, 0.05) is 11.1 Å². The maximum absolute atomic E-state index is 10.8. The fraction of sp³-hybridized carbons (Fsp3) is 0.364. The number of fused-ring (bicyclic) bond motifs is 1. The van der Waals surface area contributed by atoms with E-state index in [0.29, 0.717) is 31.1 Å². The summed E-state index contributed by atoms with van der Waals surface area (Å²) in [5.41, 5.74) is 2.86. The molecule has 2 N–H and O–H groups in total. The first-order chi connectivity index (χ1) is 14.0. The normalized spacial score (nSPS) is 22.7. The molecule has 0 spiro atoms. The van der Waals surface area contributed by atoms with Crippen LogP contribution in [-0.4, -0.2) is 36.2 Å². The highest BCUT2D eigenvalue weighted by Gasteiger charge is 2.34. The number of benzene rings is 2. The molecule has 1 fully saturated rings. The minimum absolute atomic E-state index is 0.0363. The number of nitrogens with one attached hydrogen (secondary N) is 1. The van der Waals surface area contributed by atoms with E-state index in [9.17, 15) is 4.79 Å². The third-order valence-electron chi connectivity index (χ3n) is 5.34. The highest BCUT2D eigenvalue weighted by molar-refractivity contribution is 6.33. The van der Waals surface area contributed by atoms with Gasteiger partial charge >= 0.3 is 5.97 Å². The Labute approximate surface area is 174 Å². The number of hydrogen-bond acceptors (Lipinski definition) is 5. The van der Waals surface area contributed by atoms with Crippen molar-refractivity contribution in [3.8, 4) is 5.75 Å². The number of carbonyl (C=O) groups is 1. The van der Waals surface area contributed by atoms with Crippen LogP contribution in [0.1, 0.15) is 36.9 Å². The summed E-state index contributed by atoms with van der Waals surface area (Å²) in [6.07, 6.45) is 1.21. The summed E-state index contributed by atoms with van der Waals surface area (Å²) >= 11 is 6.32. The molecule has 7 heteroatoms. The van der Waals surface area contributed by atoms with Gasteiger partial charge in [-0.3, -0.25) is 4.79 Å². The maximum Gasteiger partial charge on any atom is 0.306 e. The lowest BCUT2D eigenvalue weighted by Gasteiger charge is -2.31. The SMILES string of the molecule is CC1NC(c2ccc(OCCO[C@H]3C[C@@H](C(=O)O)C3)cc2)=Nc2c(Cl)cccc21. The van der Waals surface area contributed by atoms with Crippen molar-refractivity contribution in [2.45, 2.75) is 31.9 Å². The van der Waals surface area contributed by atoms with Crippen LogP contribution in [0, 0.1) is 5.92 Å². The Hall–Kier alpha value is -2.57. The molecule has 0 aromatic heterocycles. The van der Waals surface area contributed by atoms with Gasteiger partial charge < -0.3 is 19.9 Å². The van der Waals surface area contributed by atoms with Crippen molar-refractivity contribution in [3.05, 3.63) is 58.6 Å². The molecule has 1 aliphatic heterocycles. The number of aliphatic imine (C=N–C) groups is 1. The van der Waals surface area contributed by atoms with Gasteiger partial charge in [0.2, 0.25) is 0 Å². The second-order valence-corrected chi connectivity index (χ2v) is 7.78. The van der Waals surface area contributed by atoms with E-state index in [0.717, 1.165) is 28.4 Å². The molecule has 1 atom stereocenters. The summed E-state index contributed by atoms with van der Waals surface area (Å²) in [6.45, 7) is 2.95. The topological polar surface area (TPSA) is 80.2 Å². The van der Waals surface area contributed by atoms with Crippen molar-refractivity contribution < 1.29 is 19.4 Å². The van der Waals surface area contributed by atoms with E-state index in [4.69, 9.17) is 31.2 Å². The standard InChI is InChI=1S/C22H23ClN2O4/c1-13-18-3-2-4-19(23)20(18)25-21(24-13)14-5-7-16(8-6-14)28-9-10-29-17-11-15(12-17)22(26)27/h2-8,13,15,17H,9-12H2,1H3,(H,24,25)(H,26,27)/t13?,15-,17+. The number of amidine groups is 1. The van der Waals surface area contributed by atoms with Gasteiger partial charge in [-0.1, -0.05) is 23.7 Å². The minimum atomic E-state index is -0.738. The second kappa shape index (κ2) is 8.43. The van der Waals surface area contributed by atoms with Gasteiger partial charge in [-0.2, -0.15) is 0 Å².